The van der Waals surface area contributed by atoms with E-state index < -0.39 is 76.4 Å². The summed E-state index contributed by atoms with van der Waals surface area (Å²) in [6.45, 7) is 10.2. The minimum Gasteiger partial charge on any atom is -0.477 e. The SMILES string of the molecule is C/C(=N/O)c1cnc(Cc2ccc(C(F)(F)F)cc2)s1.CC(=O)c1cnc(Cc2ccc(C(F)(F)F)cc2)s1.CC(=O)c1cnc(Cl)s1.CC(N)c1cnc(Cc2ccc(C(F)(F)F)cc2)s1.CON(C)C(=O)c1cnc(Cl)s1.C[C@@H](N)c1cnc(Cc2ccc(C(F)(F)F)cc2)s1.C[C@H](N)c1cnc(Cc2ccc(C(F)(F)F)cc2)s1.Nc1ccc(C(F)(F)F)cc1.O=C(O)c1cnc(Cl)s1. The molecule has 0 spiro atoms. The number of aromatic carboxylic acids is 1. The molecule has 21 nitrogen and oxygen atoms in total. The molecule has 6 aromatic carbocycles. The first-order chi connectivity index (χ1) is 63.9. The van der Waals surface area contributed by atoms with Crippen LogP contribution in [0.15, 0.2) is 200 Å². The van der Waals surface area contributed by atoms with Gasteiger partial charge in [0, 0.05) is 122 Å². The highest BCUT2D eigenvalue weighted by molar-refractivity contribution is 7.18. The van der Waals surface area contributed by atoms with Gasteiger partial charge in [-0.05, 0) is 140 Å². The number of oxime groups is 1. The minimum atomic E-state index is -4.32. The fourth-order valence-corrected chi connectivity index (χ4v) is 17.0. The lowest BCUT2D eigenvalue weighted by Gasteiger charge is -2.10. The van der Waals surface area contributed by atoms with Crippen molar-refractivity contribution in [3.63, 3.8) is 0 Å². The molecule has 0 fully saturated rings. The topological polar surface area (TPSA) is 341 Å². The van der Waals surface area contributed by atoms with Crippen molar-refractivity contribution in [1.29, 1.82) is 0 Å². The van der Waals surface area contributed by atoms with Crippen LogP contribution in [0.4, 0.5) is 84.7 Å². The lowest BCUT2D eigenvalue weighted by atomic mass is 10.1. The molecule has 137 heavy (non-hydrogen) atoms. The molecule has 0 saturated carbocycles. The normalized spacial score (nSPS) is 12.1. The fraction of sp³-hybridized carbons (Fsp3) is 0.253. The third kappa shape index (κ3) is 40.4. The van der Waals surface area contributed by atoms with Gasteiger partial charge < -0.3 is 33.2 Å². The predicted octanol–water partition coefficient (Wildman–Crippen LogP) is 26.4. The van der Waals surface area contributed by atoms with Crippen molar-refractivity contribution < 1.29 is 113 Å². The highest BCUT2D eigenvalue weighted by Crippen LogP contribution is 2.37. The smallest absolute Gasteiger partial charge is 0.416 e. The third-order valence-electron chi connectivity index (χ3n) is 17.2. The van der Waals surface area contributed by atoms with Gasteiger partial charge in [0.25, 0.3) is 5.91 Å². The highest BCUT2D eigenvalue weighted by atomic mass is 35.5. The molecule has 0 aliphatic rings. The zero-order valence-electron chi connectivity index (χ0n) is 72.2. The third-order valence-corrected chi connectivity index (χ3v) is 26.4. The maximum atomic E-state index is 12.4. The number of halogens is 21. The Kier molecular flexibility index (Phi) is 44.5. The van der Waals surface area contributed by atoms with Gasteiger partial charge in [-0.3, -0.25) is 19.2 Å². The molecule has 0 radical (unpaired) electrons. The summed E-state index contributed by atoms with van der Waals surface area (Å²) in [6.07, 6.45) is -11.0. The summed E-state index contributed by atoms with van der Waals surface area (Å²) in [5.74, 6) is -1.28. The standard InChI is InChI=1S/C13H11F3N2OS.3C13H13F3N2S.C13H10F3NOS.C7H6F3N.C6H7ClN2O2S.C5H4ClNOS.C4H2ClNO2S/c1-8(18-19)11-7-17-12(20-11)6-9-2-4-10(5-3-9)13(14,15)16;3*1-8(17)11-7-18-12(19-11)6-9-2-4-10(5-3-9)13(14,15)16;1-8(18)11-7-17-12(19-11)6-9-2-4-10(5-3-9)13(14,15)16;8-7(9,10)5-1-3-6(11)4-2-5;1-9(11-2)5(10)4-3-8-6(7)12-4;1-3(8)4-2-7-5(6)9-4;5-4-6-1-2(9-4)3(7)8/h2-5,7,19H,6H2,1H3;3*2-5,7-8H,6,17H2,1H3;2-5,7H,6H2,1H3;1-4H,11H2;3H,1-2H3;2H,1H3;1H,(H,7,8)/b18-8-;;;;;;;;/t;2*8-;;;;;;/m.10....../s1. The van der Waals surface area contributed by atoms with Gasteiger partial charge in [0.15, 0.2) is 25.0 Å². The van der Waals surface area contributed by atoms with Gasteiger partial charge in [-0.25, -0.2) is 49.7 Å². The number of Topliss-reactive ketones (excluding diaryl/α,β-unsaturated/α-hetero) is 2. The number of hydroxylamine groups is 2. The van der Waals surface area contributed by atoms with E-state index in [9.17, 15) is 98.2 Å². The van der Waals surface area contributed by atoms with Crippen molar-refractivity contribution in [3.8, 4) is 0 Å². The molecule has 14 rings (SSSR count). The van der Waals surface area contributed by atoms with Crippen molar-refractivity contribution in [2.45, 2.75) is 129 Å². The van der Waals surface area contributed by atoms with Gasteiger partial charge in [0.05, 0.1) is 104 Å². The van der Waals surface area contributed by atoms with Crippen molar-refractivity contribution in [2.24, 2.45) is 22.4 Å². The molecule has 0 saturated heterocycles. The van der Waals surface area contributed by atoms with Crippen molar-refractivity contribution in [1.82, 2.24) is 44.9 Å². The summed E-state index contributed by atoms with van der Waals surface area (Å²) in [4.78, 5) is 85.1. The number of nitrogen functional groups attached to an aromatic ring is 1. The first kappa shape index (κ1) is 115. The van der Waals surface area contributed by atoms with E-state index in [1.54, 1.807) is 31.7 Å². The first-order valence-corrected chi connectivity index (χ1v) is 46.4. The molecule has 1 unspecified atom stereocenters. The van der Waals surface area contributed by atoms with Crippen LogP contribution in [0, 0.1) is 0 Å². The van der Waals surface area contributed by atoms with Crippen LogP contribution in [-0.4, -0.2) is 98.6 Å². The summed E-state index contributed by atoms with van der Waals surface area (Å²) in [7, 11) is 2.94. The molecular formula is C87H79Cl3F18N14O7S8. The van der Waals surface area contributed by atoms with E-state index in [2.05, 4.69) is 45.0 Å². The average molecular weight is 2140 g/mol. The Balaban J connectivity index is 0.000000240. The summed E-state index contributed by atoms with van der Waals surface area (Å²) >= 11 is 26.7. The molecule has 8 heterocycles. The van der Waals surface area contributed by atoms with E-state index in [-0.39, 0.29) is 44.9 Å². The van der Waals surface area contributed by atoms with Crippen LogP contribution >= 0.6 is 125 Å². The molecule has 734 valence electrons. The number of thiazole rings is 8. The summed E-state index contributed by atoms with van der Waals surface area (Å²) in [5.41, 5.74) is 23.2. The molecule has 0 aliphatic heterocycles. The van der Waals surface area contributed by atoms with Crippen LogP contribution in [0.1, 0.15) is 204 Å². The molecule has 8 aromatic heterocycles. The number of benzene rings is 6. The van der Waals surface area contributed by atoms with Gasteiger partial charge in [-0.2, -0.15) is 79.0 Å². The number of hydrogen-bond donors (Lipinski definition) is 6. The van der Waals surface area contributed by atoms with Crippen LogP contribution in [0.5, 0.6) is 0 Å². The van der Waals surface area contributed by atoms with E-state index in [0.717, 1.165) is 168 Å². The number of carboxylic acids is 1. The number of amides is 1. The Morgan fingerprint density at radius 1 is 0.358 bits per heavy atom. The number of carbonyl (C=O) groups excluding carboxylic acids is 3. The Labute approximate surface area is 817 Å². The number of carboxylic acid groups (broad SMARTS) is 1. The number of nitrogens with two attached hydrogens (primary N) is 4. The molecule has 1 amide bonds. The molecule has 14 aromatic rings. The van der Waals surface area contributed by atoms with Gasteiger partial charge in [0.2, 0.25) is 0 Å². The average Bonchev–Trinajstić information content (AvgIpc) is 1.52. The predicted molar refractivity (Wildman–Crippen MR) is 497 cm³/mol. The van der Waals surface area contributed by atoms with Crippen LogP contribution < -0.4 is 22.9 Å². The fourth-order valence-electron chi connectivity index (χ4n) is 9.97. The van der Waals surface area contributed by atoms with Gasteiger partial charge in [-0.15, -0.1) is 56.7 Å². The van der Waals surface area contributed by atoms with Gasteiger partial charge in [0.1, 0.15) is 9.75 Å². The van der Waals surface area contributed by atoms with Crippen molar-refractivity contribution in [2.75, 3.05) is 19.9 Å². The zero-order chi connectivity index (χ0) is 102. The number of carbonyl (C=O) groups is 4. The monoisotopic (exact) mass is 2130 g/mol. The number of ketones is 2. The number of rotatable bonds is 19. The molecule has 50 heteroatoms. The zero-order valence-corrected chi connectivity index (χ0v) is 81.0. The second kappa shape index (κ2) is 52.9. The minimum absolute atomic E-state index is 0.0133. The van der Waals surface area contributed by atoms with E-state index >= 15 is 0 Å². The Morgan fingerprint density at radius 2 is 0.577 bits per heavy atom. The number of nitrogens with zero attached hydrogens (tertiary/aromatic N) is 10. The number of aromatic nitrogens is 8. The molecule has 3 atom stereocenters. The molecule has 0 bridgehead atoms. The number of alkyl halides is 18. The van der Waals surface area contributed by atoms with Gasteiger partial charge in [-0.1, -0.05) is 135 Å². The van der Waals surface area contributed by atoms with Crippen LogP contribution in [0.2, 0.25) is 13.4 Å². The summed E-state index contributed by atoms with van der Waals surface area (Å²) < 4.78 is 223. The second-order valence-electron chi connectivity index (χ2n) is 28.1. The highest BCUT2D eigenvalue weighted by Gasteiger charge is 2.35. The number of anilines is 1. The van der Waals surface area contributed by atoms with E-state index in [0.29, 0.717) is 72.1 Å². The molecule has 10 N–H and O–H groups in total. The lowest BCUT2D eigenvalue weighted by Crippen LogP contribution is -2.24. The van der Waals surface area contributed by atoms with E-state index in [4.69, 9.17) is 72.9 Å². The van der Waals surface area contributed by atoms with Gasteiger partial charge >= 0.3 is 43.0 Å². The Bertz CT molecular complexity index is 5850. The summed E-state index contributed by atoms with van der Waals surface area (Å²) in [5, 5.41) is 25.2. The van der Waals surface area contributed by atoms with Crippen LogP contribution in [0.25, 0.3) is 0 Å². The molecule has 0 aliphatic carbocycles. The maximum absolute atomic E-state index is 12.4. The van der Waals surface area contributed by atoms with Crippen molar-refractivity contribution in [3.05, 3.63) is 334 Å². The van der Waals surface area contributed by atoms with Crippen LogP contribution in [-0.2, 0) is 74.0 Å². The first-order valence-electron chi connectivity index (χ1n) is 38.7. The van der Waals surface area contributed by atoms with Crippen molar-refractivity contribution >= 4 is 160 Å². The Morgan fingerprint density at radius 3 is 0.774 bits per heavy atom. The van der Waals surface area contributed by atoms with Crippen LogP contribution in [0.3, 0.4) is 0 Å². The summed E-state index contributed by atoms with van der Waals surface area (Å²) in [6, 6.07) is 29.6. The van der Waals surface area contributed by atoms with E-state index in [1.807, 2.05) is 20.8 Å². The second-order valence-corrected chi connectivity index (χ2v) is 38.6. The Hall–Kier alpha value is -10.6. The quantitative estimate of drug-likeness (QED) is 0.0109. The lowest BCUT2D eigenvalue weighted by molar-refractivity contribution is -0.138. The number of hydrogen-bond acceptors (Lipinski definition) is 27. The maximum Gasteiger partial charge on any atom is 0.416 e. The largest absolute Gasteiger partial charge is 0.477 e. The molecular weight excluding hydrogens is 2060 g/mol. The van der Waals surface area contributed by atoms with E-state index in [1.165, 1.54) is 194 Å².